The third kappa shape index (κ3) is 3.90. The lowest BCUT2D eigenvalue weighted by molar-refractivity contribution is -0.384. The van der Waals surface area contributed by atoms with Crippen LogP contribution in [0, 0.1) is 10.1 Å². The van der Waals surface area contributed by atoms with Crippen molar-refractivity contribution in [2.75, 3.05) is 37.7 Å². The third-order valence-electron chi connectivity index (χ3n) is 5.55. The van der Waals surface area contributed by atoms with Gasteiger partial charge in [0, 0.05) is 43.9 Å². The van der Waals surface area contributed by atoms with E-state index in [-0.39, 0.29) is 11.6 Å². The third-order valence-corrected chi connectivity index (χ3v) is 5.55. The Balaban J connectivity index is 1.66. The van der Waals surface area contributed by atoms with E-state index in [4.69, 9.17) is 9.47 Å². The molecule has 1 fully saturated rings. The zero-order valence-corrected chi connectivity index (χ0v) is 17.0. The molecule has 0 aromatic heterocycles. The molecule has 0 atom stereocenters. The summed E-state index contributed by atoms with van der Waals surface area (Å²) in [7, 11) is 0. The van der Waals surface area contributed by atoms with Gasteiger partial charge < -0.3 is 19.3 Å². The first-order valence-corrected chi connectivity index (χ1v) is 10.3. The van der Waals surface area contributed by atoms with Gasteiger partial charge in [-0.15, -0.1) is 0 Å². The van der Waals surface area contributed by atoms with Gasteiger partial charge in [-0.25, -0.2) is 0 Å². The van der Waals surface area contributed by atoms with Crippen molar-refractivity contribution in [2.24, 2.45) is 0 Å². The van der Waals surface area contributed by atoms with Crippen LogP contribution in [0.15, 0.2) is 36.4 Å². The highest BCUT2D eigenvalue weighted by Crippen LogP contribution is 2.35. The zero-order chi connectivity index (χ0) is 21.1. The van der Waals surface area contributed by atoms with Gasteiger partial charge in [0.25, 0.3) is 11.6 Å². The smallest absolute Gasteiger partial charge is 0.270 e. The molecule has 0 bridgehead atoms. The number of nitro benzene ring substituents is 1. The summed E-state index contributed by atoms with van der Waals surface area (Å²) in [6, 6.07) is 10.2. The van der Waals surface area contributed by atoms with Crippen LogP contribution < -0.4 is 14.4 Å². The molecule has 0 saturated carbocycles. The van der Waals surface area contributed by atoms with Crippen molar-refractivity contribution in [3.05, 3.63) is 57.6 Å². The number of anilines is 1. The highest BCUT2D eigenvalue weighted by atomic mass is 16.6. The van der Waals surface area contributed by atoms with E-state index < -0.39 is 4.92 Å². The summed E-state index contributed by atoms with van der Waals surface area (Å²) in [5, 5.41) is 11.3. The number of benzene rings is 2. The first-order chi connectivity index (χ1) is 14.6. The van der Waals surface area contributed by atoms with E-state index in [1.54, 1.807) is 11.0 Å². The van der Waals surface area contributed by atoms with E-state index in [1.807, 2.05) is 25.1 Å². The molecule has 0 N–H and O–H groups in total. The van der Waals surface area contributed by atoms with E-state index in [1.165, 1.54) is 12.1 Å². The quantitative estimate of drug-likeness (QED) is 0.533. The number of nitro groups is 1. The Morgan fingerprint density at radius 3 is 2.67 bits per heavy atom. The fourth-order valence-corrected chi connectivity index (χ4v) is 4.00. The number of hydrogen-bond acceptors (Lipinski definition) is 6. The first kappa shape index (κ1) is 20.0. The highest BCUT2D eigenvalue weighted by Gasteiger charge is 2.26. The molecular weight excluding hydrogens is 386 g/mol. The van der Waals surface area contributed by atoms with E-state index in [9.17, 15) is 14.9 Å². The largest absolute Gasteiger partial charge is 0.486 e. The molecule has 2 aliphatic heterocycles. The molecule has 2 aromatic carbocycles. The summed E-state index contributed by atoms with van der Waals surface area (Å²) in [4.78, 5) is 28.2. The van der Waals surface area contributed by atoms with E-state index in [2.05, 4.69) is 4.90 Å². The molecule has 2 aromatic rings. The fourth-order valence-electron chi connectivity index (χ4n) is 4.00. The maximum absolute atomic E-state index is 13.5. The molecular formula is C22H25N3O5. The molecule has 158 valence electrons. The minimum absolute atomic E-state index is 0.0776. The lowest BCUT2D eigenvalue weighted by Gasteiger charge is -2.27. The number of ether oxygens (including phenoxy) is 2. The molecule has 30 heavy (non-hydrogen) atoms. The fraction of sp³-hybridized carbons (Fsp3) is 0.409. The maximum atomic E-state index is 13.5. The van der Waals surface area contributed by atoms with Crippen molar-refractivity contribution in [1.29, 1.82) is 0 Å². The molecule has 2 heterocycles. The van der Waals surface area contributed by atoms with Gasteiger partial charge in [-0.2, -0.15) is 0 Å². The number of hydrogen-bond donors (Lipinski definition) is 0. The molecule has 0 radical (unpaired) electrons. The van der Waals surface area contributed by atoms with Gasteiger partial charge in [-0.3, -0.25) is 14.9 Å². The monoisotopic (exact) mass is 411 g/mol. The molecule has 2 aliphatic rings. The van der Waals surface area contributed by atoms with E-state index in [0.717, 1.165) is 37.2 Å². The molecule has 0 aliphatic carbocycles. The van der Waals surface area contributed by atoms with Crippen molar-refractivity contribution in [3.8, 4) is 11.5 Å². The summed E-state index contributed by atoms with van der Waals surface area (Å²) in [5.41, 5.74) is 1.91. The minimum Gasteiger partial charge on any atom is -0.486 e. The van der Waals surface area contributed by atoms with Gasteiger partial charge in [0.15, 0.2) is 11.5 Å². The van der Waals surface area contributed by atoms with Crippen LogP contribution in [0.2, 0.25) is 0 Å². The minimum atomic E-state index is -0.459. The van der Waals surface area contributed by atoms with Crippen LogP contribution in [-0.4, -0.2) is 48.6 Å². The predicted molar refractivity (Wildman–Crippen MR) is 112 cm³/mol. The second kappa shape index (κ2) is 8.61. The summed E-state index contributed by atoms with van der Waals surface area (Å²) in [6.07, 6.45) is 2.10. The first-order valence-electron chi connectivity index (χ1n) is 10.3. The second-order valence-electron chi connectivity index (χ2n) is 7.41. The normalized spacial score (nSPS) is 15.2. The van der Waals surface area contributed by atoms with Crippen LogP contribution in [0.1, 0.15) is 35.7 Å². The summed E-state index contributed by atoms with van der Waals surface area (Å²) < 4.78 is 11.4. The van der Waals surface area contributed by atoms with Crippen molar-refractivity contribution in [3.63, 3.8) is 0 Å². The Bertz CT molecular complexity index is 956. The van der Waals surface area contributed by atoms with Crippen molar-refractivity contribution < 1.29 is 19.2 Å². The van der Waals surface area contributed by atoms with Gasteiger partial charge in [-0.1, -0.05) is 12.1 Å². The Labute approximate surface area is 175 Å². The van der Waals surface area contributed by atoms with Crippen molar-refractivity contribution in [2.45, 2.75) is 26.3 Å². The van der Waals surface area contributed by atoms with Gasteiger partial charge >= 0.3 is 0 Å². The zero-order valence-electron chi connectivity index (χ0n) is 17.0. The van der Waals surface area contributed by atoms with Crippen molar-refractivity contribution in [1.82, 2.24) is 4.90 Å². The number of rotatable bonds is 6. The Morgan fingerprint density at radius 1 is 1.17 bits per heavy atom. The number of para-hydroxylation sites is 1. The maximum Gasteiger partial charge on any atom is 0.270 e. The predicted octanol–water partition coefficient (Wildman–Crippen LogP) is 3.63. The number of nitrogens with zero attached hydrogens (tertiary/aromatic N) is 3. The van der Waals surface area contributed by atoms with Crippen molar-refractivity contribution >= 4 is 17.3 Å². The average Bonchev–Trinajstić information content (AvgIpc) is 3.31. The molecule has 1 amide bonds. The average molecular weight is 411 g/mol. The number of fused-ring (bicyclic) bond motifs is 1. The molecule has 8 heteroatoms. The van der Waals surface area contributed by atoms with Gasteiger partial charge in [0.2, 0.25) is 0 Å². The number of carbonyl (C=O) groups is 1. The molecule has 1 saturated heterocycles. The summed E-state index contributed by atoms with van der Waals surface area (Å²) in [6.45, 7) is 5.37. The Kier molecular flexibility index (Phi) is 5.74. The Hall–Kier alpha value is -3.29. The van der Waals surface area contributed by atoms with Crippen LogP contribution in [-0.2, 0) is 6.54 Å². The standard InChI is InChI=1S/C22H25N3O5/c1-2-23(15-16-6-5-7-20-21(16)30-13-12-29-20)22(26)18-14-17(25(27)28)8-9-19(18)24-10-3-4-11-24/h5-9,14H,2-4,10-13,15H2,1H3. The number of non-ortho nitro benzene ring substituents is 1. The lowest BCUT2D eigenvalue weighted by Crippen LogP contribution is -2.32. The van der Waals surface area contributed by atoms with Crippen LogP contribution in [0.3, 0.4) is 0 Å². The molecule has 0 unspecified atom stereocenters. The van der Waals surface area contributed by atoms with E-state index >= 15 is 0 Å². The SMILES string of the molecule is CCN(Cc1cccc2c1OCCO2)C(=O)c1cc([N+](=O)[O-])ccc1N1CCCC1. The molecule has 0 spiro atoms. The van der Waals surface area contributed by atoms with E-state index in [0.29, 0.717) is 43.4 Å². The molecule has 4 rings (SSSR count). The highest BCUT2D eigenvalue weighted by molar-refractivity contribution is 6.00. The number of carbonyl (C=O) groups excluding carboxylic acids is 1. The van der Waals surface area contributed by atoms with Gasteiger partial charge in [-0.05, 0) is 31.9 Å². The second-order valence-corrected chi connectivity index (χ2v) is 7.41. The van der Waals surface area contributed by atoms with Crippen LogP contribution >= 0.6 is 0 Å². The topological polar surface area (TPSA) is 85.1 Å². The lowest BCUT2D eigenvalue weighted by atomic mass is 10.1. The van der Waals surface area contributed by atoms with Crippen LogP contribution in [0.4, 0.5) is 11.4 Å². The summed E-state index contributed by atoms with van der Waals surface area (Å²) >= 11 is 0. The van der Waals surface area contributed by atoms with Gasteiger partial charge in [0.1, 0.15) is 13.2 Å². The summed E-state index contributed by atoms with van der Waals surface area (Å²) in [5.74, 6) is 1.11. The van der Waals surface area contributed by atoms with Crippen LogP contribution in [0.5, 0.6) is 11.5 Å². The number of amides is 1. The molecule has 8 nitrogen and oxygen atoms in total. The Morgan fingerprint density at radius 2 is 1.93 bits per heavy atom. The van der Waals surface area contributed by atoms with Gasteiger partial charge in [0.05, 0.1) is 16.2 Å². The van der Waals surface area contributed by atoms with Crippen LogP contribution in [0.25, 0.3) is 0 Å².